The van der Waals surface area contributed by atoms with E-state index in [0.29, 0.717) is 36.5 Å². The highest BCUT2D eigenvalue weighted by molar-refractivity contribution is 5.85. The summed E-state index contributed by atoms with van der Waals surface area (Å²) in [5.74, 6) is 0.0134. The summed E-state index contributed by atoms with van der Waals surface area (Å²) in [5.41, 5.74) is 1.76. The zero-order chi connectivity index (χ0) is 18.6. The summed E-state index contributed by atoms with van der Waals surface area (Å²) in [6.45, 7) is 0.151. The van der Waals surface area contributed by atoms with Crippen LogP contribution in [0.2, 0.25) is 0 Å². The van der Waals surface area contributed by atoms with Gasteiger partial charge in [-0.05, 0) is 30.2 Å². The normalized spacial score (nSPS) is 28.1. The van der Waals surface area contributed by atoms with Gasteiger partial charge in [0.2, 0.25) is 12.6 Å². The first kappa shape index (κ1) is 16.4. The van der Waals surface area contributed by atoms with Crippen molar-refractivity contribution in [1.29, 1.82) is 0 Å². The van der Waals surface area contributed by atoms with E-state index in [9.17, 15) is 9.90 Å². The van der Waals surface area contributed by atoms with E-state index in [2.05, 4.69) is 0 Å². The number of aliphatic hydroxyl groups is 1. The van der Waals surface area contributed by atoms with E-state index in [1.807, 2.05) is 30.3 Å². The maximum Gasteiger partial charge on any atom is 0.231 e. The van der Waals surface area contributed by atoms with Crippen LogP contribution in [-0.4, -0.2) is 30.6 Å². The quantitative estimate of drug-likeness (QED) is 0.878. The third-order valence-corrected chi connectivity index (χ3v) is 5.73. The number of ketones is 1. The Kier molecular flexibility index (Phi) is 3.59. The Morgan fingerprint density at radius 1 is 1.11 bits per heavy atom. The third kappa shape index (κ3) is 2.47. The Morgan fingerprint density at radius 2 is 1.85 bits per heavy atom. The lowest BCUT2D eigenvalue weighted by molar-refractivity contribution is -0.206. The lowest BCUT2D eigenvalue weighted by Crippen LogP contribution is -2.55. The Morgan fingerprint density at radius 3 is 2.59 bits per heavy atom. The fourth-order valence-corrected chi connectivity index (χ4v) is 4.46. The minimum absolute atomic E-state index is 0.0212. The lowest BCUT2D eigenvalue weighted by Gasteiger charge is -2.47. The predicted octanol–water partition coefficient (Wildman–Crippen LogP) is 3.01. The van der Waals surface area contributed by atoms with E-state index < -0.39 is 11.7 Å². The van der Waals surface area contributed by atoms with Crippen molar-refractivity contribution >= 4 is 5.78 Å². The van der Waals surface area contributed by atoms with Gasteiger partial charge >= 0.3 is 0 Å². The van der Waals surface area contributed by atoms with Gasteiger partial charge in [-0.1, -0.05) is 12.1 Å². The van der Waals surface area contributed by atoms with Gasteiger partial charge in [0.1, 0.15) is 17.3 Å². The smallest absolute Gasteiger partial charge is 0.231 e. The largest absolute Gasteiger partial charge is 0.497 e. The number of benzene rings is 2. The molecule has 2 aromatic carbocycles. The molecule has 3 aliphatic rings. The van der Waals surface area contributed by atoms with Crippen molar-refractivity contribution < 1.29 is 28.8 Å². The molecule has 0 amide bonds. The molecule has 1 aliphatic carbocycles. The summed E-state index contributed by atoms with van der Waals surface area (Å²) in [6, 6.07) is 11.2. The van der Waals surface area contributed by atoms with Gasteiger partial charge in [-0.15, -0.1) is 0 Å². The van der Waals surface area contributed by atoms with E-state index in [1.165, 1.54) is 0 Å². The van der Waals surface area contributed by atoms with Gasteiger partial charge in [0, 0.05) is 30.4 Å². The predicted molar refractivity (Wildman–Crippen MR) is 95.3 cm³/mol. The second kappa shape index (κ2) is 5.89. The van der Waals surface area contributed by atoms with Crippen LogP contribution >= 0.6 is 0 Å². The van der Waals surface area contributed by atoms with Gasteiger partial charge in [-0.25, -0.2) is 0 Å². The first-order valence-corrected chi connectivity index (χ1v) is 9.11. The second-order valence-corrected chi connectivity index (χ2v) is 7.24. The number of carbonyl (C=O) groups excluding carboxylic acids is 1. The fraction of sp³-hybridized carbons (Fsp3) is 0.381. The Balaban J connectivity index is 1.70. The molecule has 0 radical (unpaired) electrons. The van der Waals surface area contributed by atoms with Crippen molar-refractivity contribution in [3.63, 3.8) is 0 Å². The standard InChI is InChI=1S/C21H20O6/c1-24-13-6-4-12(5-7-13)19-14-9-17-18(26-11-25-17)10-16(14)27-21(23)8-2-3-15(22)20(19)21/h4-7,9-10,19-20,23H,2-3,8,11H2,1H3/t19-,20+,21+/m1/s1. The summed E-state index contributed by atoms with van der Waals surface area (Å²) >= 11 is 0. The second-order valence-electron chi connectivity index (χ2n) is 7.24. The molecule has 1 fully saturated rings. The molecule has 2 aromatic rings. The van der Waals surface area contributed by atoms with E-state index in [0.717, 1.165) is 16.9 Å². The Bertz CT molecular complexity index is 906. The van der Waals surface area contributed by atoms with Crippen molar-refractivity contribution in [1.82, 2.24) is 0 Å². The van der Waals surface area contributed by atoms with Gasteiger partial charge < -0.3 is 24.1 Å². The highest BCUT2D eigenvalue weighted by Crippen LogP contribution is 2.54. The number of methoxy groups -OCH3 is 1. The summed E-state index contributed by atoms with van der Waals surface area (Å²) in [6.07, 6.45) is 1.48. The molecule has 1 saturated carbocycles. The van der Waals surface area contributed by atoms with Crippen LogP contribution in [0, 0.1) is 5.92 Å². The summed E-state index contributed by atoms with van der Waals surface area (Å²) < 4.78 is 22.2. The minimum atomic E-state index is -1.51. The lowest BCUT2D eigenvalue weighted by atomic mass is 9.67. The Hall–Kier alpha value is -2.73. The summed E-state index contributed by atoms with van der Waals surface area (Å²) in [4.78, 5) is 12.9. The van der Waals surface area contributed by atoms with Crippen LogP contribution < -0.4 is 18.9 Å². The van der Waals surface area contributed by atoms with Crippen molar-refractivity contribution in [2.75, 3.05) is 13.9 Å². The maximum absolute atomic E-state index is 12.9. The van der Waals surface area contributed by atoms with E-state index in [4.69, 9.17) is 18.9 Å². The molecule has 1 N–H and O–H groups in total. The molecule has 0 aromatic heterocycles. The summed E-state index contributed by atoms with van der Waals surface area (Å²) in [7, 11) is 1.61. The zero-order valence-electron chi connectivity index (χ0n) is 14.9. The van der Waals surface area contributed by atoms with Gasteiger partial charge in [-0.2, -0.15) is 0 Å². The van der Waals surface area contributed by atoms with Crippen molar-refractivity contribution in [2.45, 2.75) is 31.0 Å². The van der Waals surface area contributed by atoms with Crippen LogP contribution in [0.25, 0.3) is 0 Å². The number of hydrogen-bond donors (Lipinski definition) is 1. The van der Waals surface area contributed by atoms with Crippen LogP contribution in [0.1, 0.15) is 36.3 Å². The molecule has 27 heavy (non-hydrogen) atoms. The number of Topliss-reactive ketones (excluding diaryl/α,β-unsaturated/α-hetero) is 1. The average molecular weight is 368 g/mol. The molecule has 0 bridgehead atoms. The molecule has 5 rings (SSSR count). The number of carbonyl (C=O) groups is 1. The van der Waals surface area contributed by atoms with Gasteiger partial charge in [-0.3, -0.25) is 4.79 Å². The monoisotopic (exact) mass is 368 g/mol. The maximum atomic E-state index is 12.9. The van der Waals surface area contributed by atoms with E-state index >= 15 is 0 Å². The van der Waals surface area contributed by atoms with Crippen LogP contribution in [0.15, 0.2) is 36.4 Å². The average Bonchev–Trinajstić information content (AvgIpc) is 3.12. The molecule has 0 saturated heterocycles. The van der Waals surface area contributed by atoms with Gasteiger partial charge in [0.05, 0.1) is 13.0 Å². The van der Waals surface area contributed by atoms with E-state index in [-0.39, 0.29) is 18.5 Å². The van der Waals surface area contributed by atoms with Gasteiger partial charge in [0.25, 0.3) is 0 Å². The summed E-state index contributed by atoms with van der Waals surface area (Å²) in [5, 5.41) is 11.2. The van der Waals surface area contributed by atoms with Crippen LogP contribution in [0.4, 0.5) is 0 Å². The zero-order valence-corrected chi connectivity index (χ0v) is 14.9. The minimum Gasteiger partial charge on any atom is -0.497 e. The molecule has 2 heterocycles. The number of fused-ring (bicyclic) bond motifs is 3. The molecule has 6 nitrogen and oxygen atoms in total. The molecule has 0 spiro atoms. The number of ether oxygens (including phenoxy) is 4. The highest BCUT2D eigenvalue weighted by Gasteiger charge is 2.55. The van der Waals surface area contributed by atoms with Crippen LogP contribution in [0.5, 0.6) is 23.0 Å². The van der Waals surface area contributed by atoms with Gasteiger partial charge in [0.15, 0.2) is 11.5 Å². The molecule has 140 valence electrons. The SMILES string of the molecule is COc1ccc([C@@H]2c3cc4c(cc3O[C@@]3(O)CCCC(=O)[C@@H]23)OCO4)cc1. The van der Waals surface area contributed by atoms with E-state index in [1.54, 1.807) is 13.2 Å². The van der Waals surface area contributed by atoms with Crippen LogP contribution in [0.3, 0.4) is 0 Å². The van der Waals surface area contributed by atoms with Crippen molar-refractivity contribution in [2.24, 2.45) is 5.92 Å². The molecule has 3 atom stereocenters. The first-order chi connectivity index (χ1) is 13.1. The molecule has 6 heteroatoms. The molecule has 2 aliphatic heterocycles. The van der Waals surface area contributed by atoms with Crippen molar-refractivity contribution in [3.05, 3.63) is 47.5 Å². The molecule has 0 unspecified atom stereocenters. The topological polar surface area (TPSA) is 74.2 Å². The van der Waals surface area contributed by atoms with Crippen LogP contribution in [-0.2, 0) is 4.79 Å². The fourth-order valence-electron chi connectivity index (χ4n) is 4.46. The number of rotatable bonds is 2. The molecular weight excluding hydrogens is 348 g/mol. The highest BCUT2D eigenvalue weighted by atomic mass is 16.7. The first-order valence-electron chi connectivity index (χ1n) is 9.11. The van der Waals surface area contributed by atoms with Crippen molar-refractivity contribution in [3.8, 4) is 23.0 Å². The third-order valence-electron chi connectivity index (χ3n) is 5.73. The Labute approximate surface area is 156 Å². The molecular formula is C21H20O6. The number of hydrogen-bond acceptors (Lipinski definition) is 6.